The Hall–Kier alpha value is -2.13. The molecule has 0 radical (unpaired) electrons. The Morgan fingerprint density at radius 3 is 2.86 bits per heavy atom. The second-order valence-corrected chi connectivity index (χ2v) is 8.83. The molecule has 1 aromatic rings. The quantitative estimate of drug-likeness (QED) is 0.572. The van der Waals surface area contributed by atoms with Gasteiger partial charge in [-0.1, -0.05) is 0 Å². The highest BCUT2D eigenvalue weighted by Crippen LogP contribution is 2.32. The zero-order valence-corrected chi connectivity index (χ0v) is 16.8. The predicted octanol–water partition coefficient (Wildman–Crippen LogP) is 1.16. The maximum absolute atomic E-state index is 12.2. The van der Waals surface area contributed by atoms with Crippen molar-refractivity contribution in [2.75, 3.05) is 44.7 Å². The number of morpholine rings is 1. The zero-order valence-electron chi connectivity index (χ0n) is 16.8. The van der Waals surface area contributed by atoms with Crippen LogP contribution in [0.15, 0.2) is 11.2 Å². The van der Waals surface area contributed by atoms with E-state index in [0.29, 0.717) is 29.6 Å². The maximum atomic E-state index is 12.2. The molecule has 9 nitrogen and oxygen atoms in total. The highest BCUT2D eigenvalue weighted by atomic mass is 16.5. The summed E-state index contributed by atoms with van der Waals surface area (Å²) in [6.07, 6.45) is 7.54. The van der Waals surface area contributed by atoms with E-state index in [-0.39, 0.29) is 6.03 Å². The minimum Gasteiger partial charge on any atom is -0.379 e. The molecule has 1 saturated heterocycles. The summed E-state index contributed by atoms with van der Waals surface area (Å²) in [4.78, 5) is 19.6. The third-order valence-corrected chi connectivity index (χ3v) is 6.53. The Kier molecular flexibility index (Phi) is 5.41. The van der Waals surface area contributed by atoms with Crippen molar-refractivity contribution in [3.63, 3.8) is 0 Å². The summed E-state index contributed by atoms with van der Waals surface area (Å²) >= 11 is 0. The SMILES string of the molecule is O=C(NCC1CC1)Nc1cn[nH]c1C1=NC2CCC(CN3CCOCC3)CC2N1. The first-order chi connectivity index (χ1) is 14.2. The molecule has 2 aliphatic carbocycles. The summed E-state index contributed by atoms with van der Waals surface area (Å²) in [5.41, 5.74) is 1.44. The number of ether oxygens (including phenoxy) is 1. The van der Waals surface area contributed by atoms with Crippen molar-refractivity contribution in [3.05, 3.63) is 11.9 Å². The molecule has 3 heterocycles. The molecule has 0 aromatic carbocycles. The molecule has 3 unspecified atom stereocenters. The van der Waals surface area contributed by atoms with Crippen LogP contribution in [0.5, 0.6) is 0 Å². The van der Waals surface area contributed by atoms with E-state index in [9.17, 15) is 4.79 Å². The van der Waals surface area contributed by atoms with Gasteiger partial charge in [0.2, 0.25) is 0 Å². The van der Waals surface area contributed by atoms with Gasteiger partial charge < -0.3 is 20.7 Å². The highest BCUT2D eigenvalue weighted by Gasteiger charge is 2.37. The van der Waals surface area contributed by atoms with E-state index in [1.165, 1.54) is 19.3 Å². The number of fused-ring (bicyclic) bond motifs is 1. The van der Waals surface area contributed by atoms with Crippen LogP contribution in [0.1, 0.15) is 37.8 Å². The van der Waals surface area contributed by atoms with E-state index < -0.39 is 0 Å². The van der Waals surface area contributed by atoms with Crippen LogP contribution in [0.3, 0.4) is 0 Å². The van der Waals surface area contributed by atoms with Crippen LogP contribution in [0.2, 0.25) is 0 Å². The summed E-state index contributed by atoms with van der Waals surface area (Å²) in [6.45, 7) is 5.70. The van der Waals surface area contributed by atoms with E-state index in [1.807, 2.05) is 0 Å². The lowest BCUT2D eigenvalue weighted by atomic mass is 9.83. The van der Waals surface area contributed by atoms with Crippen molar-refractivity contribution < 1.29 is 9.53 Å². The van der Waals surface area contributed by atoms with Gasteiger partial charge in [0.1, 0.15) is 11.5 Å². The molecule has 5 rings (SSSR count). The molecule has 0 bridgehead atoms. The van der Waals surface area contributed by atoms with Crippen LogP contribution in [-0.4, -0.2) is 78.4 Å². The van der Waals surface area contributed by atoms with Crippen LogP contribution in [0.4, 0.5) is 10.5 Å². The summed E-state index contributed by atoms with van der Waals surface area (Å²) < 4.78 is 5.47. The van der Waals surface area contributed by atoms with Gasteiger partial charge in [-0.3, -0.25) is 15.0 Å². The van der Waals surface area contributed by atoms with Gasteiger partial charge in [0.25, 0.3) is 0 Å². The monoisotopic (exact) mass is 401 g/mol. The van der Waals surface area contributed by atoms with Crippen LogP contribution < -0.4 is 16.0 Å². The number of nitrogens with one attached hydrogen (secondary N) is 4. The average Bonchev–Trinajstić information content (AvgIpc) is 3.29. The number of amidine groups is 1. The van der Waals surface area contributed by atoms with Crippen molar-refractivity contribution in [2.45, 2.75) is 44.2 Å². The van der Waals surface area contributed by atoms with Gasteiger partial charge in [-0.2, -0.15) is 5.10 Å². The van der Waals surface area contributed by atoms with Gasteiger partial charge in [0.05, 0.1) is 37.2 Å². The van der Waals surface area contributed by atoms with Crippen LogP contribution in [0.25, 0.3) is 0 Å². The molecule has 2 saturated carbocycles. The van der Waals surface area contributed by atoms with Crippen molar-refractivity contribution in [2.24, 2.45) is 16.8 Å². The largest absolute Gasteiger partial charge is 0.379 e. The molecule has 3 fully saturated rings. The predicted molar refractivity (Wildman–Crippen MR) is 110 cm³/mol. The first-order valence-corrected chi connectivity index (χ1v) is 11.0. The molecule has 3 atom stereocenters. The molecule has 2 amide bonds. The normalized spacial score (nSPS) is 29.7. The van der Waals surface area contributed by atoms with Gasteiger partial charge in [-0.25, -0.2) is 4.79 Å². The Balaban J connectivity index is 1.16. The maximum Gasteiger partial charge on any atom is 0.319 e. The zero-order chi connectivity index (χ0) is 19.6. The van der Waals surface area contributed by atoms with Crippen LogP contribution in [0, 0.1) is 11.8 Å². The number of rotatable bonds is 6. The first-order valence-electron chi connectivity index (χ1n) is 11.0. The van der Waals surface area contributed by atoms with Crippen molar-refractivity contribution in [1.82, 2.24) is 25.7 Å². The molecule has 4 N–H and O–H groups in total. The van der Waals surface area contributed by atoms with E-state index >= 15 is 0 Å². The molecule has 1 aromatic heterocycles. The number of hydrogen-bond donors (Lipinski definition) is 4. The van der Waals surface area contributed by atoms with Gasteiger partial charge >= 0.3 is 6.03 Å². The lowest BCUT2D eigenvalue weighted by Crippen LogP contribution is -2.45. The Bertz CT molecular complexity index is 754. The van der Waals surface area contributed by atoms with E-state index in [2.05, 4.69) is 31.0 Å². The number of nitrogens with zero attached hydrogens (tertiary/aromatic N) is 3. The Labute approximate surface area is 171 Å². The number of anilines is 1. The van der Waals surface area contributed by atoms with Gasteiger partial charge in [0.15, 0.2) is 0 Å². The molecule has 0 spiro atoms. The molecular weight excluding hydrogens is 370 g/mol. The van der Waals surface area contributed by atoms with Gasteiger partial charge in [-0.15, -0.1) is 0 Å². The number of hydrogen-bond acceptors (Lipinski definition) is 6. The Morgan fingerprint density at radius 1 is 1.21 bits per heavy atom. The van der Waals surface area contributed by atoms with Crippen LogP contribution in [-0.2, 0) is 4.74 Å². The second kappa shape index (κ2) is 8.31. The number of aliphatic imine (C=N–C) groups is 1. The van der Waals surface area contributed by atoms with Crippen molar-refractivity contribution in [1.29, 1.82) is 0 Å². The number of aromatic nitrogens is 2. The third kappa shape index (κ3) is 4.56. The average molecular weight is 402 g/mol. The number of amides is 2. The minimum absolute atomic E-state index is 0.180. The molecule has 158 valence electrons. The first kappa shape index (κ1) is 18.9. The lowest BCUT2D eigenvalue weighted by Gasteiger charge is -2.35. The van der Waals surface area contributed by atoms with E-state index in [4.69, 9.17) is 9.73 Å². The highest BCUT2D eigenvalue weighted by molar-refractivity contribution is 6.05. The lowest BCUT2D eigenvalue weighted by molar-refractivity contribution is 0.0266. The number of H-pyrrole nitrogens is 1. The molecule has 4 aliphatic rings. The standard InChI is InChI=1S/C20H31N7O2/c28-20(21-10-13-1-2-13)25-17-11-22-26-18(17)19-23-15-4-3-14(9-16(15)24-19)12-27-5-7-29-8-6-27/h11,13-16H,1-10,12H2,(H,22,26)(H,23,24)(H2,21,25,28). The van der Waals surface area contributed by atoms with E-state index in [1.54, 1.807) is 6.20 Å². The van der Waals surface area contributed by atoms with Crippen molar-refractivity contribution >= 4 is 17.6 Å². The summed E-state index contributed by atoms with van der Waals surface area (Å²) in [5, 5.41) is 16.6. The number of aromatic amines is 1. The number of carbonyl (C=O) groups is 1. The molecular formula is C20H31N7O2. The smallest absolute Gasteiger partial charge is 0.319 e. The summed E-state index contributed by atoms with van der Waals surface area (Å²) in [6, 6.07) is 0.497. The molecule has 29 heavy (non-hydrogen) atoms. The molecule has 9 heteroatoms. The minimum atomic E-state index is -0.180. The summed E-state index contributed by atoms with van der Waals surface area (Å²) in [7, 11) is 0. The van der Waals surface area contributed by atoms with E-state index in [0.717, 1.165) is 63.8 Å². The summed E-state index contributed by atoms with van der Waals surface area (Å²) in [5.74, 6) is 2.17. The van der Waals surface area contributed by atoms with Gasteiger partial charge in [-0.05, 0) is 43.9 Å². The topological polar surface area (TPSA) is 107 Å². The van der Waals surface area contributed by atoms with Gasteiger partial charge in [0, 0.05) is 26.2 Å². The fourth-order valence-electron chi connectivity index (χ4n) is 4.67. The number of urea groups is 1. The third-order valence-electron chi connectivity index (χ3n) is 6.53. The fraction of sp³-hybridized carbons (Fsp3) is 0.750. The van der Waals surface area contributed by atoms with Crippen molar-refractivity contribution in [3.8, 4) is 0 Å². The second-order valence-electron chi connectivity index (χ2n) is 8.83. The fourth-order valence-corrected chi connectivity index (χ4v) is 4.67. The van der Waals surface area contributed by atoms with Crippen LogP contribution >= 0.6 is 0 Å². The molecule has 2 aliphatic heterocycles. The number of carbonyl (C=O) groups excluding carboxylic acids is 1. The Morgan fingerprint density at radius 2 is 2.03 bits per heavy atom.